The zero-order valence-electron chi connectivity index (χ0n) is 13.5. The Morgan fingerprint density at radius 3 is 2.55 bits per heavy atom. The molecule has 2 rings (SSSR count). The van der Waals surface area contributed by atoms with Crippen LogP contribution in [0.15, 0.2) is 6.20 Å². The highest BCUT2D eigenvalue weighted by Gasteiger charge is 2.19. The summed E-state index contributed by atoms with van der Waals surface area (Å²) in [7, 11) is 0. The topological polar surface area (TPSA) is 29.9 Å². The third-order valence-electron chi connectivity index (χ3n) is 4.34. The van der Waals surface area contributed by atoms with Crippen molar-refractivity contribution in [3.63, 3.8) is 0 Å². The van der Waals surface area contributed by atoms with Gasteiger partial charge in [-0.1, -0.05) is 52.9 Å². The second-order valence-corrected chi connectivity index (χ2v) is 6.49. The lowest BCUT2D eigenvalue weighted by Gasteiger charge is -2.19. The highest BCUT2D eigenvalue weighted by molar-refractivity contribution is 5.19. The smallest absolute Gasteiger partial charge is 0.0537 e. The molecular formula is C17H31N3. The first-order valence-corrected chi connectivity index (χ1v) is 8.51. The third-order valence-corrected chi connectivity index (χ3v) is 4.34. The van der Waals surface area contributed by atoms with Crippen LogP contribution in [0.3, 0.4) is 0 Å². The van der Waals surface area contributed by atoms with Gasteiger partial charge in [0.25, 0.3) is 0 Å². The monoisotopic (exact) mass is 277 g/mol. The molecule has 0 bridgehead atoms. The summed E-state index contributed by atoms with van der Waals surface area (Å²) in [5.41, 5.74) is 2.89. The molecule has 0 saturated heterocycles. The quantitative estimate of drug-likeness (QED) is 0.789. The fraction of sp³-hybridized carbons (Fsp3) is 0.824. The highest BCUT2D eigenvalue weighted by Crippen LogP contribution is 2.29. The Morgan fingerprint density at radius 1 is 1.25 bits per heavy atom. The van der Waals surface area contributed by atoms with Crippen LogP contribution in [-0.2, 0) is 13.0 Å². The second-order valence-electron chi connectivity index (χ2n) is 6.49. The van der Waals surface area contributed by atoms with E-state index in [1.54, 1.807) is 0 Å². The lowest BCUT2D eigenvalue weighted by molar-refractivity contribution is 0.391. The molecule has 0 unspecified atom stereocenters. The summed E-state index contributed by atoms with van der Waals surface area (Å²) in [5, 5.41) is 8.29. The van der Waals surface area contributed by atoms with Crippen molar-refractivity contribution in [1.29, 1.82) is 0 Å². The van der Waals surface area contributed by atoms with Crippen molar-refractivity contribution >= 4 is 0 Å². The molecule has 20 heavy (non-hydrogen) atoms. The van der Waals surface area contributed by atoms with Crippen LogP contribution in [0.25, 0.3) is 0 Å². The van der Waals surface area contributed by atoms with E-state index in [0.717, 1.165) is 13.0 Å². The first-order chi connectivity index (χ1) is 9.72. The van der Waals surface area contributed by atoms with Gasteiger partial charge in [0.1, 0.15) is 0 Å². The molecule has 1 saturated carbocycles. The molecule has 0 aromatic carbocycles. The van der Waals surface area contributed by atoms with Crippen LogP contribution in [0.4, 0.5) is 0 Å². The maximum Gasteiger partial charge on any atom is 0.0537 e. The van der Waals surface area contributed by atoms with Gasteiger partial charge in [0.15, 0.2) is 0 Å². The standard InChI is InChI=1S/C17H31N3/c1-4-9-17-15(12-18-14(2)3)13-19-20(17)16-10-7-5-6-8-11-16/h13-14,16,18H,4-12H2,1-3H3. The number of nitrogens with zero attached hydrogens (tertiary/aromatic N) is 2. The van der Waals surface area contributed by atoms with Crippen molar-refractivity contribution in [1.82, 2.24) is 15.1 Å². The van der Waals surface area contributed by atoms with Crippen LogP contribution in [0.1, 0.15) is 83.0 Å². The average Bonchev–Trinajstić information content (AvgIpc) is 2.64. The van der Waals surface area contributed by atoms with Gasteiger partial charge < -0.3 is 5.32 Å². The number of rotatable bonds is 6. The minimum Gasteiger partial charge on any atom is -0.310 e. The Kier molecular flexibility index (Phi) is 6.08. The molecule has 0 radical (unpaired) electrons. The van der Waals surface area contributed by atoms with E-state index in [9.17, 15) is 0 Å². The Bertz CT molecular complexity index is 387. The molecule has 1 aliphatic carbocycles. The number of aromatic nitrogens is 2. The molecule has 3 heteroatoms. The lowest BCUT2D eigenvalue weighted by atomic mass is 10.1. The molecule has 1 aliphatic rings. The van der Waals surface area contributed by atoms with Crippen LogP contribution < -0.4 is 5.32 Å². The molecule has 1 heterocycles. The normalized spacial score (nSPS) is 17.6. The van der Waals surface area contributed by atoms with Gasteiger partial charge in [-0.05, 0) is 19.3 Å². The van der Waals surface area contributed by atoms with E-state index in [1.165, 1.54) is 56.2 Å². The number of nitrogens with one attached hydrogen (secondary N) is 1. The largest absolute Gasteiger partial charge is 0.310 e. The van der Waals surface area contributed by atoms with Crippen LogP contribution in [0.2, 0.25) is 0 Å². The summed E-state index contributed by atoms with van der Waals surface area (Å²) in [5.74, 6) is 0. The minimum absolute atomic E-state index is 0.533. The van der Waals surface area contributed by atoms with Gasteiger partial charge in [-0.3, -0.25) is 4.68 Å². The fourth-order valence-corrected chi connectivity index (χ4v) is 3.21. The molecule has 114 valence electrons. The van der Waals surface area contributed by atoms with Crippen LogP contribution in [0.5, 0.6) is 0 Å². The predicted molar refractivity (Wildman–Crippen MR) is 84.9 cm³/mol. The van der Waals surface area contributed by atoms with Crippen LogP contribution in [0, 0.1) is 0 Å². The summed E-state index contributed by atoms with van der Waals surface area (Å²) in [4.78, 5) is 0. The molecule has 1 aromatic heterocycles. The van der Waals surface area contributed by atoms with Crippen molar-refractivity contribution in [3.8, 4) is 0 Å². The van der Waals surface area contributed by atoms with E-state index >= 15 is 0 Å². The predicted octanol–water partition coefficient (Wildman–Crippen LogP) is 4.23. The first kappa shape index (κ1) is 15.6. The molecule has 0 atom stereocenters. The summed E-state index contributed by atoms with van der Waals surface area (Å²) in [6.07, 6.45) is 12.6. The summed E-state index contributed by atoms with van der Waals surface area (Å²) < 4.78 is 2.37. The summed E-state index contributed by atoms with van der Waals surface area (Å²) in [6, 6.07) is 1.18. The maximum atomic E-state index is 4.75. The fourth-order valence-electron chi connectivity index (χ4n) is 3.21. The SMILES string of the molecule is CCCc1c(CNC(C)C)cnn1C1CCCCCC1. The molecule has 0 amide bonds. The highest BCUT2D eigenvalue weighted by atomic mass is 15.3. The van der Waals surface area contributed by atoms with Gasteiger partial charge in [-0.25, -0.2) is 0 Å². The molecular weight excluding hydrogens is 246 g/mol. The van der Waals surface area contributed by atoms with Gasteiger partial charge >= 0.3 is 0 Å². The van der Waals surface area contributed by atoms with Crippen molar-refractivity contribution in [2.45, 2.75) is 90.8 Å². The van der Waals surface area contributed by atoms with E-state index in [1.807, 2.05) is 0 Å². The van der Waals surface area contributed by atoms with Crippen LogP contribution in [-0.4, -0.2) is 15.8 Å². The van der Waals surface area contributed by atoms with Gasteiger partial charge in [-0.2, -0.15) is 5.10 Å². The molecule has 1 N–H and O–H groups in total. The molecule has 0 spiro atoms. The van der Waals surface area contributed by atoms with Crippen molar-refractivity contribution in [2.24, 2.45) is 0 Å². The van der Waals surface area contributed by atoms with Gasteiger partial charge in [0.2, 0.25) is 0 Å². The number of hydrogen-bond acceptors (Lipinski definition) is 2. The van der Waals surface area contributed by atoms with E-state index in [4.69, 9.17) is 5.10 Å². The van der Waals surface area contributed by atoms with E-state index < -0.39 is 0 Å². The average molecular weight is 277 g/mol. The van der Waals surface area contributed by atoms with Gasteiger partial charge in [0, 0.05) is 23.8 Å². The first-order valence-electron chi connectivity index (χ1n) is 8.51. The lowest BCUT2D eigenvalue weighted by Crippen LogP contribution is -2.22. The van der Waals surface area contributed by atoms with E-state index in [0.29, 0.717) is 12.1 Å². The third kappa shape index (κ3) is 4.08. The Morgan fingerprint density at radius 2 is 1.95 bits per heavy atom. The minimum atomic E-state index is 0.533. The van der Waals surface area contributed by atoms with Crippen molar-refractivity contribution in [2.75, 3.05) is 0 Å². The molecule has 3 nitrogen and oxygen atoms in total. The molecule has 0 aliphatic heterocycles. The van der Waals surface area contributed by atoms with E-state index in [-0.39, 0.29) is 0 Å². The van der Waals surface area contributed by atoms with Crippen molar-refractivity contribution in [3.05, 3.63) is 17.5 Å². The Hall–Kier alpha value is -0.830. The Labute approximate surface area is 124 Å². The zero-order chi connectivity index (χ0) is 14.4. The molecule has 1 aromatic rings. The Balaban J connectivity index is 2.14. The second kappa shape index (κ2) is 7.82. The molecule has 1 fully saturated rings. The van der Waals surface area contributed by atoms with Gasteiger partial charge in [-0.15, -0.1) is 0 Å². The van der Waals surface area contributed by atoms with Gasteiger partial charge in [0.05, 0.1) is 12.2 Å². The zero-order valence-corrected chi connectivity index (χ0v) is 13.5. The van der Waals surface area contributed by atoms with Crippen LogP contribution >= 0.6 is 0 Å². The number of hydrogen-bond donors (Lipinski definition) is 1. The maximum absolute atomic E-state index is 4.75. The summed E-state index contributed by atoms with van der Waals surface area (Å²) >= 11 is 0. The summed E-state index contributed by atoms with van der Waals surface area (Å²) in [6.45, 7) is 7.63. The van der Waals surface area contributed by atoms with E-state index in [2.05, 4.69) is 37.0 Å². The van der Waals surface area contributed by atoms with Crippen molar-refractivity contribution < 1.29 is 0 Å².